The van der Waals surface area contributed by atoms with Crippen molar-refractivity contribution < 1.29 is 9.53 Å². The molecule has 0 aliphatic carbocycles. The number of amides is 1. The number of hydrogen-bond donors (Lipinski definition) is 2. The largest absolute Gasteiger partial charge is 0.497 e. The summed E-state index contributed by atoms with van der Waals surface area (Å²) >= 11 is 1.50. The summed E-state index contributed by atoms with van der Waals surface area (Å²) in [6, 6.07) is 15.2. The molecule has 0 fully saturated rings. The molecule has 0 heterocycles. The first-order valence-corrected chi connectivity index (χ1v) is 7.55. The summed E-state index contributed by atoms with van der Waals surface area (Å²) < 4.78 is 5.07. The standard InChI is InChI=1S/C16H18N2O2S/c1-20-14-6-4-13(5-7-14)18-16(19)11-21-15-8-2-12(10-17)3-9-15/h2-9H,10-11,17H2,1H3,(H,18,19). The number of rotatable bonds is 6. The normalized spacial score (nSPS) is 10.2. The highest BCUT2D eigenvalue weighted by Gasteiger charge is 2.04. The number of carbonyl (C=O) groups excluding carboxylic acids is 1. The predicted molar refractivity (Wildman–Crippen MR) is 86.7 cm³/mol. The molecule has 0 saturated heterocycles. The SMILES string of the molecule is COc1ccc(NC(=O)CSc2ccc(CN)cc2)cc1. The maximum absolute atomic E-state index is 11.9. The van der Waals surface area contributed by atoms with E-state index in [1.165, 1.54) is 11.8 Å². The Morgan fingerprint density at radius 3 is 2.38 bits per heavy atom. The van der Waals surface area contributed by atoms with Crippen LogP contribution in [0, 0.1) is 0 Å². The van der Waals surface area contributed by atoms with Crippen LogP contribution in [0.3, 0.4) is 0 Å². The topological polar surface area (TPSA) is 64.3 Å². The molecule has 0 bridgehead atoms. The fourth-order valence-corrected chi connectivity index (χ4v) is 2.44. The van der Waals surface area contributed by atoms with E-state index in [0.717, 1.165) is 21.9 Å². The quantitative estimate of drug-likeness (QED) is 0.805. The lowest BCUT2D eigenvalue weighted by Gasteiger charge is -2.06. The fraction of sp³-hybridized carbons (Fsp3) is 0.188. The van der Waals surface area contributed by atoms with Crippen LogP contribution in [0.25, 0.3) is 0 Å². The molecular formula is C16H18N2O2S. The molecule has 0 radical (unpaired) electrons. The van der Waals surface area contributed by atoms with Crippen molar-refractivity contribution in [3.8, 4) is 5.75 Å². The highest BCUT2D eigenvalue weighted by Crippen LogP contribution is 2.19. The van der Waals surface area contributed by atoms with Gasteiger partial charge in [0.2, 0.25) is 5.91 Å². The van der Waals surface area contributed by atoms with Crippen molar-refractivity contribution in [2.45, 2.75) is 11.4 Å². The number of carbonyl (C=O) groups is 1. The van der Waals surface area contributed by atoms with Crippen molar-refractivity contribution in [2.75, 3.05) is 18.2 Å². The van der Waals surface area contributed by atoms with Crippen LogP contribution in [0.15, 0.2) is 53.4 Å². The average molecular weight is 302 g/mol. The highest BCUT2D eigenvalue weighted by molar-refractivity contribution is 8.00. The zero-order chi connectivity index (χ0) is 15.1. The summed E-state index contributed by atoms with van der Waals surface area (Å²) in [5.74, 6) is 1.10. The number of nitrogens with two attached hydrogens (primary N) is 1. The maximum atomic E-state index is 11.9. The number of anilines is 1. The number of hydrogen-bond acceptors (Lipinski definition) is 4. The van der Waals surface area contributed by atoms with Crippen LogP contribution in [-0.4, -0.2) is 18.8 Å². The molecular weight excluding hydrogens is 284 g/mol. The van der Waals surface area contributed by atoms with E-state index in [-0.39, 0.29) is 5.91 Å². The molecule has 4 nitrogen and oxygen atoms in total. The van der Waals surface area contributed by atoms with E-state index in [2.05, 4.69) is 5.32 Å². The Morgan fingerprint density at radius 2 is 1.81 bits per heavy atom. The van der Waals surface area contributed by atoms with Gasteiger partial charge in [-0.2, -0.15) is 0 Å². The molecule has 0 aromatic heterocycles. The van der Waals surface area contributed by atoms with E-state index in [9.17, 15) is 4.79 Å². The second-order valence-corrected chi connectivity index (χ2v) is 5.46. The Morgan fingerprint density at radius 1 is 1.14 bits per heavy atom. The van der Waals surface area contributed by atoms with Gasteiger partial charge in [-0.25, -0.2) is 0 Å². The predicted octanol–water partition coefficient (Wildman–Crippen LogP) is 2.88. The van der Waals surface area contributed by atoms with Crippen molar-refractivity contribution in [1.29, 1.82) is 0 Å². The van der Waals surface area contributed by atoms with E-state index in [4.69, 9.17) is 10.5 Å². The molecule has 0 saturated carbocycles. The summed E-state index contributed by atoms with van der Waals surface area (Å²) in [5.41, 5.74) is 7.40. The van der Waals surface area contributed by atoms with Crippen molar-refractivity contribution in [3.05, 3.63) is 54.1 Å². The molecule has 1 amide bonds. The zero-order valence-corrected chi connectivity index (χ0v) is 12.7. The van der Waals surface area contributed by atoms with Gasteiger partial charge in [-0.3, -0.25) is 4.79 Å². The number of methoxy groups -OCH3 is 1. The van der Waals surface area contributed by atoms with Gasteiger partial charge < -0.3 is 15.8 Å². The molecule has 0 aliphatic rings. The van der Waals surface area contributed by atoms with Gasteiger partial charge in [-0.05, 0) is 42.0 Å². The Labute approximate surface area is 128 Å². The van der Waals surface area contributed by atoms with Crippen LogP contribution in [-0.2, 0) is 11.3 Å². The van der Waals surface area contributed by atoms with Gasteiger partial charge >= 0.3 is 0 Å². The van der Waals surface area contributed by atoms with Crippen LogP contribution in [0.1, 0.15) is 5.56 Å². The molecule has 0 spiro atoms. The van der Waals surface area contributed by atoms with Gasteiger partial charge in [0.05, 0.1) is 12.9 Å². The van der Waals surface area contributed by atoms with Crippen LogP contribution < -0.4 is 15.8 Å². The molecule has 110 valence electrons. The molecule has 2 aromatic carbocycles. The third-order valence-electron chi connectivity index (χ3n) is 2.90. The molecule has 2 aromatic rings. The second kappa shape index (κ2) is 7.71. The monoisotopic (exact) mass is 302 g/mol. The van der Waals surface area contributed by atoms with Gasteiger partial charge in [-0.15, -0.1) is 11.8 Å². The smallest absolute Gasteiger partial charge is 0.234 e. The van der Waals surface area contributed by atoms with Gasteiger partial charge in [0.1, 0.15) is 5.75 Å². The van der Waals surface area contributed by atoms with Crippen molar-refractivity contribution >= 4 is 23.4 Å². The summed E-state index contributed by atoms with van der Waals surface area (Å²) in [4.78, 5) is 12.9. The number of ether oxygens (including phenoxy) is 1. The molecule has 5 heteroatoms. The maximum Gasteiger partial charge on any atom is 0.234 e. The van der Waals surface area contributed by atoms with Gasteiger partial charge in [-0.1, -0.05) is 12.1 Å². The first-order valence-electron chi connectivity index (χ1n) is 6.57. The molecule has 0 atom stereocenters. The second-order valence-electron chi connectivity index (χ2n) is 4.41. The molecule has 0 unspecified atom stereocenters. The molecule has 2 rings (SSSR count). The third-order valence-corrected chi connectivity index (χ3v) is 3.91. The molecule has 3 N–H and O–H groups in total. The van der Waals surface area contributed by atoms with Crippen LogP contribution in [0.5, 0.6) is 5.75 Å². The van der Waals surface area contributed by atoms with Crippen LogP contribution in [0.2, 0.25) is 0 Å². The minimum Gasteiger partial charge on any atom is -0.497 e. The van der Waals surface area contributed by atoms with E-state index in [0.29, 0.717) is 12.3 Å². The van der Waals surface area contributed by atoms with Gasteiger partial charge in [0.15, 0.2) is 0 Å². The Balaban J connectivity index is 1.83. The first-order chi connectivity index (χ1) is 10.2. The van der Waals surface area contributed by atoms with E-state index in [1.807, 2.05) is 48.5 Å². The minimum absolute atomic E-state index is 0.0342. The number of thioether (sulfide) groups is 1. The lowest BCUT2D eigenvalue weighted by atomic mass is 10.2. The Kier molecular flexibility index (Phi) is 5.66. The number of benzene rings is 2. The fourth-order valence-electron chi connectivity index (χ4n) is 1.74. The number of nitrogens with one attached hydrogen (secondary N) is 1. The minimum atomic E-state index is -0.0342. The molecule has 21 heavy (non-hydrogen) atoms. The summed E-state index contributed by atoms with van der Waals surface area (Å²) in [6.07, 6.45) is 0. The van der Waals surface area contributed by atoms with Crippen molar-refractivity contribution in [2.24, 2.45) is 5.73 Å². The highest BCUT2D eigenvalue weighted by atomic mass is 32.2. The van der Waals surface area contributed by atoms with Gasteiger partial charge in [0.25, 0.3) is 0 Å². The first kappa shape index (κ1) is 15.4. The molecule has 0 aliphatic heterocycles. The summed E-state index contributed by atoms with van der Waals surface area (Å²) in [7, 11) is 1.61. The summed E-state index contributed by atoms with van der Waals surface area (Å²) in [6.45, 7) is 0.531. The zero-order valence-electron chi connectivity index (χ0n) is 11.8. The van der Waals surface area contributed by atoms with Crippen molar-refractivity contribution in [1.82, 2.24) is 0 Å². The average Bonchev–Trinajstić information content (AvgIpc) is 2.54. The summed E-state index contributed by atoms with van der Waals surface area (Å²) in [5, 5.41) is 2.85. The van der Waals surface area contributed by atoms with Gasteiger partial charge in [0, 0.05) is 17.1 Å². The van der Waals surface area contributed by atoms with E-state index in [1.54, 1.807) is 7.11 Å². The Hall–Kier alpha value is -1.98. The van der Waals surface area contributed by atoms with E-state index >= 15 is 0 Å². The third kappa shape index (κ3) is 4.81. The van der Waals surface area contributed by atoms with E-state index < -0.39 is 0 Å². The van der Waals surface area contributed by atoms with Crippen molar-refractivity contribution in [3.63, 3.8) is 0 Å². The lowest BCUT2D eigenvalue weighted by Crippen LogP contribution is -2.13. The lowest BCUT2D eigenvalue weighted by molar-refractivity contribution is -0.113. The van der Waals surface area contributed by atoms with Crippen LogP contribution >= 0.6 is 11.8 Å². The Bertz CT molecular complexity index is 582. The van der Waals surface area contributed by atoms with Crippen LogP contribution in [0.4, 0.5) is 5.69 Å².